The number of rotatable bonds is 38. The second kappa shape index (κ2) is 42.1. The first-order valence-electron chi connectivity index (χ1n) is 23.2. The molecule has 0 fully saturated rings. The average molecular weight is 949 g/mol. The smallest absolute Gasteiger partial charge is 0.550 e. The summed E-state index contributed by atoms with van der Waals surface area (Å²) in [5, 5.41) is 41.0. The van der Waals surface area contributed by atoms with Gasteiger partial charge in [0.2, 0.25) is 0 Å². The van der Waals surface area contributed by atoms with Crippen LogP contribution in [-0.2, 0) is 32.3 Å². The molecule has 0 amide bonds. The molecule has 9 heteroatoms. The zero-order valence-electron chi connectivity index (χ0n) is 37.3. The van der Waals surface area contributed by atoms with Gasteiger partial charge in [0.05, 0.1) is 37.6 Å². The molecule has 0 aliphatic heterocycles. The van der Waals surface area contributed by atoms with Gasteiger partial charge in [-0.05, 0) is 76.3 Å². The van der Waals surface area contributed by atoms with Crippen LogP contribution >= 0.6 is 0 Å². The summed E-state index contributed by atoms with van der Waals surface area (Å²) in [6.45, 7) is 5.29. The molecule has 0 heterocycles. The summed E-state index contributed by atoms with van der Waals surface area (Å²) < 4.78 is 11.7. The van der Waals surface area contributed by atoms with E-state index in [-0.39, 0.29) is 86.1 Å². The number of benzene rings is 2. The molecular formula is C50H82BaO8. The van der Waals surface area contributed by atoms with Crippen LogP contribution in [0.1, 0.15) is 205 Å². The van der Waals surface area contributed by atoms with Gasteiger partial charge in [-0.1, -0.05) is 189 Å². The molecule has 0 bridgehead atoms. The number of aliphatic hydroxyl groups excluding tert-OH is 2. The minimum atomic E-state index is -0.927. The van der Waals surface area contributed by atoms with Crippen molar-refractivity contribution in [3.63, 3.8) is 0 Å². The molecule has 8 nitrogen and oxygen atoms in total. The van der Waals surface area contributed by atoms with Crippen LogP contribution < -0.4 is 10.2 Å². The molecular weight excluding hydrogens is 866 g/mol. The molecule has 2 aromatic rings. The number of aliphatic hydroxyl groups is 2. The molecule has 0 aromatic heterocycles. The quantitative estimate of drug-likeness (QED) is 0.0501. The van der Waals surface area contributed by atoms with Gasteiger partial charge in [0, 0.05) is 11.9 Å². The number of carboxylic acid groups (broad SMARTS) is 2. The number of hydrogen-bond donors (Lipinski definition) is 2. The van der Waals surface area contributed by atoms with E-state index >= 15 is 0 Å². The van der Waals surface area contributed by atoms with Crippen molar-refractivity contribution in [2.75, 3.05) is 0 Å². The molecule has 0 aliphatic carbocycles. The van der Waals surface area contributed by atoms with E-state index in [0.717, 1.165) is 64.2 Å². The molecule has 0 spiro atoms. The molecule has 4 atom stereocenters. The van der Waals surface area contributed by atoms with E-state index in [1.54, 1.807) is 0 Å². The van der Waals surface area contributed by atoms with Gasteiger partial charge < -0.3 is 39.5 Å². The summed E-state index contributed by atoms with van der Waals surface area (Å²) >= 11 is 0. The van der Waals surface area contributed by atoms with Crippen LogP contribution in [0.2, 0.25) is 0 Å². The third-order valence-corrected chi connectivity index (χ3v) is 10.8. The monoisotopic (exact) mass is 949 g/mol. The van der Waals surface area contributed by atoms with E-state index in [2.05, 4.69) is 24.3 Å². The molecule has 0 aliphatic rings. The van der Waals surface area contributed by atoms with Crippen LogP contribution in [0.25, 0.3) is 0 Å². The Morgan fingerprint density at radius 3 is 0.983 bits per heavy atom. The molecule has 4 unspecified atom stereocenters. The van der Waals surface area contributed by atoms with Crippen molar-refractivity contribution in [3.8, 4) is 0 Å². The maximum atomic E-state index is 10.3. The first-order chi connectivity index (χ1) is 28.2. The van der Waals surface area contributed by atoms with Crippen molar-refractivity contribution in [2.45, 2.75) is 231 Å². The third kappa shape index (κ3) is 40.6. The Labute approximate surface area is 400 Å². The normalized spacial score (nSPS) is 13.1. The summed E-state index contributed by atoms with van der Waals surface area (Å²) in [5.74, 6) is -1.85. The minimum Gasteiger partial charge on any atom is -0.550 e. The molecule has 59 heavy (non-hydrogen) atoms. The topological polar surface area (TPSA) is 139 Å². The van der Waals surface area contributed by atoms with Crippen molar-refractivity contribution in [3.05, 3.63) is 71.8 Å². The number of hydrogen-bond acceptors (Lipinski definition) is 8. The first kappa shape index (κ1) is 57.8. The van der Waals surface area contributed by atoms with Gasteiger partial charge in [-0.15, -0.1) is 0 Å². The van der Waals surface area contributed by atoms with Gasteiger partial charge in [0.15, 0.2) is 0 Å². The summed E-state index contributed by atoms with van der Waals surface area (Å²) in [6, 6.07) is 20.3. The fourth-order valence-corrected chi connectivity index (χ4v) is 7.24. The van der Waals surface area contributed by atoms with Gasteiger partial charge in [-0.2, -0.15) is 0 Å². The summed E-state index contributed by atoms with van der Waals surface area (Å²) in [5.41, 5.74) is 2.34. The Morgan fingerprint density at radius 2 is 0.712 bits per heavy atom. The number of ether oxygens (including phenoxy) is 2. The number of unbranched alkanes of at least 4 members (excludes halogenated alkanes) is 20. The zero-order chi connectivity index (χ0) is 42.3. The molecule has 332 valence electrons. The molecule has 0 saturated carbocycles. The van der Waals surface area contributed by atoms with Crippen LogP contribution in [0.5, 0.6) is 0 Å². The Hall–Kier alpha value is -1.21. The maximum absolute atomic E-state index is 10.3. The molecule has 2 N–H and O–H groups in total. The fourth-order valence-electron chi connectivity index (χ4n) is 7.24. The average Bonchev–Trinajstić information content (AvgIpc) is 3.20. The second-order valence-electron chi connectivity index (χ2n) is 16.6. The first-order valence-corrected chi connectivity index (χ1v) is 23.2. The summed E-state index contributed by atoms with van der Waals surface area (Å²) in [7, 11) is 0. The van der Waals surface area contributed by atoms with E-state index < -0.39 is 11.9 Å². The van der Waals surface area contributed by atoms with Crippen molar-refractivity contribution >= 4 is 60.8 Å². The van der Waals surface area contributed by atoms with Crippen LogP contribution in [-0.4, -0.2) is 95.4 Å². The van der Waals surface area contributed by atoms with Gasteiger partial charge in [-0.3, -0.25) is 0 Å². The second-order valence-corrected chi connectivity index (χ2v) is 16.6. The van der Waals surface area contributed by atoms with Crippen molar-refractivity contribution in [1.29, 1.82) is 0 Å². The van der Waals surface area contributed by atoms with E-state index in [0.29, 0.717) is 26.1 Å². The number of carboxylic acids is 2. The van der Waals surface area contributed by atoms with E-state index in [1.807, 2.05) is 50.2 Å². The number of carbonyl (C=O) groups is 2. The molecule has 0 saturated heterocycles. The van der Waals surface area contributed by atoms with Crippen LogP contribution in [0.3, 0.4) is 0 Å². The molecule has 0 radical (unpaired) electrons. The van der Waals surface area contributed by atoms with Crippen LogP contribution in [0.4, 0.5) is 0 Å². The maximum Gasteiger partial charge on any atom is 2.00 e. The number of aliphatic carboxylic acids is 2. The largest absolute Gasteiger partial charge is 2.00 e. The van der Waals surface area contributed by atoms with Crippen molar-refractivity contribution in [2.24, 2.45) is 0 Å². The van der Waals surface area contributed by atoms with E-state index in [4.69, 9.17) is 9.47 Å². The van der Waals surface area contributed by atoms with E-state index in [9.17, 15) is 30.0 Å². The predicted octanol–water partition coefficient (Wildman–Crippen LogP) is 9.95. The van der Waals surface area contributed by atoms with Crippen molar-refractivity contribution in [1.82, 2.24) is 0 Å². The minimum absolute atomic E-state index is 0. The third-order valence-electron chi connectivity index (χ3n) is 10.8. The Balaban J connectivity index is 0.00000112. The Morgan fingerprint density at radius 1 is 0.458 bits per heavy atom. The van der Waals surface area contributed by atoms with Gasteiger partial charge in [0.25, 0.3) is 0 Å². The van der Waals surface area contributed by atoms with Gasteiger partial charge in [0.1, 0.15) is 0 Å². The van der Waals surface area contributed by atoms with Crippen LogP contribution in [0, 0.1) is 0 Å². The van der Waals surface area contributed by atoms with E-state index in [1.165, 1.54) is 101 Å². The predicted molar refractivity (Wildman–Crippen MR) is 238 cm³/mol. The van der Waals surface area contributed by atoms with Crippen molar-refractivity contribution < 1.29 is 39.5 Å². The molecule has 2 aromatic carbocycles. The SMILES string of the molecule is CC(CC(O)CCCCCCCCCCCCCC(=O)[O-])OCc1ccccc1.CC(CC(O)CCCCCCCCCCCCCC(=O)[O-])OCc1ccccc1.[Ba+2]. The Bertz CT molecular complexity index is 1110. The molecule has 2 rings (SSSR count). The Kier molecular flexibility index (Phi) is 41.2. The summed E-state index contributed by atoms with van der Waals surface area (Å²) in [6.07, 6.45) is 28.6. The zero-order valence-corrected chi connectivity index (χ0v) is 41.8. The van der Waals surface area contributed by atoms with Gasteiger partial charge >= 0.3 is 48.9 Å². The van der Waals surface area contributed by atoms with Crippen LogP contribution in [0.15, 0.2) is 60.7 Å². The summed E-state index contributed by atoms with van der Waals surface area (Å²) in [4.78, 5) is 20.6. The fraction of sp³-hybridized carbons (Fsp3) is 0.720. The standard InChI is InChI=1S/2C25H42O4.Ba/c2*1-22(29-21-23-16-12-11-13-17-23)20-24(26)18-14-9-7-5-3-2-4-6-8-10-15-19-25(27)28;/h2*11-13,16-17,22,24,26H,2-10,14-15,18-21H2,1H3,(H,27,28);/q;;+2/p-2. The van der Waals surface area contributed by atoms with Gasteiger partial charge in [-0.25, -0.2) is 0 Å². The number of carbonyl (C=O) groups excluding carboxylic acids is 2.